The zero-order chi connectivity index (χ0) is 22.5. The zero-order valence-electron chi connectivity index (χ0n) is 17.5. The maximum absolute atomic E-state index is 13.9. The number of amides is 2. The third-order valence-corrected chi connectivity index (χ3v) is 6.56. The lowest BCUT2D eigenvalue weighted by Gasteiger charge is -2.29. The van der Waals surface area contributed by atoms with Crippen molar-refractivity contribution >= 4 is 45.6 Å². The zero-order valence-corrected chi connectivity index (χ0v) is 18.2. The van der Waals surface area contributed by atoms with E-state index in [0.29, 0.717) is 10.7 Å². The van der Waals surface area contributed by atoms with Crippen LogP contribution in [0.3, 0.4) is 0 Å². The first-order chi connectivity index (χ1) is 16.1. The quantitative estimate of drug-likeness (QED) is 0.381. The van der Waals surface area contributed by atoms with Crippen molar-refractivity contribution in [3.63, 3.8) is 0 Å². The van der Waals surface area contributed by atoms with Gasteiger partial charge in [0.15, 0.2) is 6.10 Å². The summed E-state index contributed by atoms with van der Waals surface area (Å²) in [5, 5.41) is 4.05. The van der Waals surface area contributed by atoms with Crippen molar-refractivity contribution in [2.75, 3.05) is 9.96 Å². The fraction of sp³-hybridized carbons (Fsp3) is 0.111. The third-order valence-electron chi connectivity index (χ3n) is 6.32. The van der Waals surface area contributed by atoms with Crippen molar-refractivity contribution in [3.05, 3.63) is 108 Å². The summed E-state index contributed by atoms with van der Waals surface area (Å²) in [6, 6.07) is 29.7. The number of anilines is 2. The van der Waals surface area contributed by atoms with Crippen LogP contribution < -0.4 is 9.96 Å². The van der Waals surface area contributed by atoms with Gasteiger partial charge in [0, 0.05) is 10.4 Å². The number of hydrogen-bond donors (Lipinski definition) is 0. The lowest BCUT2D eigenvalue weighted by Crippen LogP contribution is -2.37. The van der Waals surface area contributed by atoms with Crippen LogP contribution >= 0.6 is 11.6 Å². The summed E-state index contributed by atoms with van der Waals surface area (Å²) in [5.41, 5.74) is 2.17. The molecule has 0 unspecified atom stereocenters. The summed E-state index contributed by atoms with van der Waals surface area (Å²) in [6.07, 6.45) is -0.916. The molecule has 33 heavy (non-hydrogen) atoms. The molecule has 0 spiro atoms. The molecule has 2 heterocycles. The Morgan fingerprint density at radius 2 is 1.48 bits per heavy atom. The van der Waals surface area contributed by atoms with Crippen LogP contribution in [0.5, 0.6) is 0 Å². The summed E-state index contributed by atoms with van der Waals surface area (Å²) < 4.78 is 0. The van der Waals surface area contributed by atoms with Crippen molar-refractivity contribution in [2.24, 2.45) is 5.92 Å². The number of para-hydroxylation sites is 1. The lowest BCUT2D eigenvalue weighted by molar-refractivity contribution is -0.126. The highest BCUT2D eigenvalue weighted by Gasteiger charge is 2.60. The number of imide groups is 1. The van der Waals surface area contributed by atoms with Crippen LogP contribution in [0, 0.1) is 5.92 Å². The summed E-state index contributed by atoms with van der Waals surface area (Å²) in [7, 11) is 0. The molecule has 6 heteroatoms. The minimum Gasteiger partial charge on any atom is -0.273 e. The Morgan fingerprint density at radius 1 is 0.758 bits per heavy atom. The summed E-state index contributed by atoms with van der Waals surface area (Å²) in [6.45, 7) is 0. The molecule has 0 saturated carbocycles. The molecule has 0 radical (unpaired) electrons. The van der Waals surface area contributed by atoms with Gasteiger partial charge in [0.1, 0.15) is 5.92 Å². The maximum atomic E-state index is 13.9. The molecule has 4 aromatic rings. The summed E-state index contributed by atoms with van der Waals surface area (Å²) >= 11 is 6.29. The number of hydrogen-bond acceptors (Lipinski definition) is 4. The molecule has 2 fully saturated rings. The molecule has 6 rings (SSSR count). The van der Waals surface area contributed by atoms with Crippen molar-refractivity contribution in [1.29, 1.82) is 0 Å². The number of carbonyl (C=O) groups excluding carboxylic acids is 2. The molecule has 3 atom stereocenters. The van der Waals surface area contributed by atoms with Crippen LogP contribution in [-0.4, -0.2) is 17.9 Å². The second-order valence-electron chi connectivity index (χ2n) is 8.22. The normalized spacial score (nSPS) is 22.3. The second kappa shape index (κ2) is 7.73. The first kappa shape index (κ1) is 20.0. The van der Waals surface area contributed by atoms with Crippen LogP contribution in [0.4, 0.5) is 11.4 Å². The topological polar surface area (TPSA) is 49.9 Å². The summed E-state index contributed by atoms with van der Waals surface area (Å²) in [5.74, 6) is -1.33. The molecule has 2 aliphatic rings. The minimum atomic E-state index is -0.916. The smallest absolute Gasteiger partial charge is 0.266 e. The Morgan fingerprint density at radius 3 is 2.30 bits per heavy atom. The molecule has 2 amide bonds. The van der Waals surface area contributed by atoms with Gasteiger partial charge in [-0.15, -0.1) is 0 Å². The Hall–Kier alpha value is -3.67. The largest absolute Gasteiger partial charge is 0.273 e. The average Bonchev–Trinajstić information content (AvgIpc) is 3.35. The molecular formula is C27H19ClN2O3. The van der Waals surface area contributed by atoms with E-state index >= 15 is 0 Å². The van der Waals surface area contributed by atoms with Crippen LogP contribution in [0.2, 0.25) is 5.02 Å². The number of benzene rings is 4. The second-order valence-corrected chi connectivity index (χ2v) is 8.66. The highest BCUT2D eigenvalue weighted by Crippen LogP contribution is 2.48. The van der Waals surface area contributed by atoms with Gasteiger partial charge in [0.25, 0.3) is 5.91 Å². The fourth-order valence-electron chi connectivity index (χ4n) is 4.88. The van der Waals surface area contributed by atoms with Gasteiger partial charge in [-0.25, -0.2) is 9.96 Å². The molecule has 162 valence electrons. The van der Waals surface area contributed by atoms with Gasteiger partial charge >= 0.3 is 0 Å². The molecule has 5 nitrogen and oxygen atoms in total. The summed E-state index contributed by atoms with van der Waals surface area (Å²) in [4.78, 5) is 34.9. The molecule has 0 N–H and O–H groups in total. The SMILES string of the molecule is O=C1[C@@H]2[C@@H](c3cccc(Cl)c3)N(c3ccccc3)O[C@H]2C(=O)N1c1cccc2ccccc12. The molecule has 4 aromatic carbocycles. The van der Waals surface area contributed by atoms with Crippen molar-refractivity contribution < 1.29 is 14.4 Å². The first-order valence-electron chi connectivity index (χ1n) is 10.8. The minimum absolute atomic E-state index is 0.273. The Labute approximate surface area is 195 Å². The first-order valence-corrected chi connectivity index (χ1v) is 11.1. The third kappa shape index (κ3) is 3.12. The predicted octanol–water partition coefficient (Wildman–Crippen LogP) is 5.54. The lowest BCUT2D eigenvalue weighted by atomic mass is 9.90. The monoisotopic (exact) mass is 454 g/mol. The van der Waals surface area contributed by atoms with Gasteiger partial charge < -0.3 is 0 Å². The molecule has 2 saturated heterocycles. The van der Waals surface area contributed by atoms with E-state index in [4.69, 9.17) is 16.4 Å². The van der Waals surface area contributed by atoms with Gasteiger partial charge in [-0.3, -0.25) is 14.4 Å². The highest BCUT2D eigenvalue weighted by molar-refractivity contribution is 6.30. The van der Waals surface area contributed by atoms with Crippen LogP contribution in [0.25, 0.3) is 10.8 Å². The Kier molecular flexibility index (Phi) is 4.68. The van der Waals surface area contributed by atoms with Gasteiger partial charge in [0.05, 0.1) is 17.4 Å². The molecule has 2 aliphatic heterocycles. The number of rotatable bonds is 3. The van der Waals surface area contributed by atoms with E-state index in [-0.39, 0.29) is 11.8 Å². The van der Waals surface area contributed by atoms with Gasteiger partial charge in [-0.1, -0.05) is 78.3 Å². The molecule has 0 aromatic heterocycles. The van der Waals surface area contributed by atoms with Gasteiger partial charge in [0.2, 0.25) is 5.91 Å². The average molecular weight is 455 g/mol. The van der Waals surface area contributed by atoms with E-state index in [1.807, 2.05) is 91.0 Å². The number of hydroxylamine groups is 1. The molecule has 0 bridgehead atoms. The standard InChI is InChI=1S/C27H19ClN2O3/c28-19-11-6-10-18(16-19)24-23-25(33-30(24)20-12-2-1-3-13-20)27(32)29(26(23)31)22-15-7-9-17-8-4-5-14-21(17)22/h1-16,23-25H/t23-,24-,25-/m1/s1. The number of fused-ring (bicyclic) bond motifs is 2. The van der Waals surface area contributed by atoms with Crippen molar-refractivity contribution in [3.8, 4) is 0 Å². The van der Waals surface area contributed by atoms with E-state index < -0.39 is 18.1 Å². The van der Waals surface area contributed by atoms with Crippen LogP contribution in [-0.2, 0) is 14.4 Å². The van der Waals surface area contributed by atoms with E-state index in [0.717, 1.165) is 22.0 Å². The van der Waals surface area contributed by atoms with Crippen LogP contribution in [0.1, 0.15) is 11.6 Å². The molecule has 0 aliphatic carbocycles. The number of halogens is 1. The Bertz CT molecular complexity index is 1390. The van der Waals surface area contributed by atoms with E-state index in [2.05, 4.69) is 0 Å². The van der Waals surface area contributed by atoms with E-state index in [1.54, 1.807) is 11.1 Å². The van der Waals surface area contributed by atoms with Gasteiger partial charge in [-0.2, -0.15) is 0 Å². The molecular weight excluding hydrogens is 436 g/mol. The number of carbonyl (C=O) groups is 2. The van der Waals surface area contributed by atoms with Gasteiger partial charge in [-0.05, 0) is 41.3 Å². The van der Waals surface area contributed by atoms with Crippen molar-refractivity contribution in [1.82, 2.24) is 0 Å². The van der Waals surface area contributed by atoms with Crippen molar-refractivity contribution in [2.45, 2.75) is 12.1 Å². The van der Waals surface area contributed by atoms with E-state index in [1.165, 1.54) is 4.90 Å². The highest BCUT2D eigenvalue weighted by atomic mass is 35.5. The number of nitrogens with zero attached hydrogens (tertiary/aromatic N) is 2. The fourth-order valence-corrected chi connectivity index (χ4v) is 5.08. The Balaban J connectivity index is 1.47. The maximum Gasteiger partial charge on any atom is 0.266 e. The predicted molar refractivity (Wildman–Crippen MR) is 128 cm³/mol. The van der Waals surface area contributed by atoms with E-state index in [9.17, 15) is 9.59 Å². The van der Waals surface area contributed by atoms with Crippen LogP contribution in [0.15, 0.2) is 97.1 Å².